The van der Waals surface area contributed by atoms with Crippen molar-refractivity contribution in [1.29, 1.82) is 0 Å². The Morgan fingerprint density at radius 3 is 2.48 bits per heavy atom. The predicted octanol–water partition coefficient (Wildman–Crippen LogP) is 2.62. The molecule has 0 aliphatic carbocycles. The molecule has 3 rings (SSSR count). The van der Waals surface area contributed by atoms with Gasteiger partial charge in [0.2, 0.25) is 0 Å². The summed E-state index contributed by atoms with van der Waals surface area (Å²) in [5.41, 5.74) is 3.32. The molecule has 0 saturated carbocycles. The Bertz CT molecular complexity index is 879. The van der Waals surface area contributed by atoms with Crippen LogP contribution in [0.25, 0.3) is 16.6 Å². The van der Waals surface area contributed by atoms with E-state index in [2.05, 4.69) is 5.32 Å². The number of carboxylic acid groups (broad SMARTS) is 1. The molecule has 0 saturated heterocycles. The molecule has 5 nitrogen and oxygen atoms in total. The third kappa shape index (κ3) is 2.94. The van der Waals surface area contributed by atoms with Crippen LogP contribution in [0.2, 0.25) is 0 Å². The van der Waals surface area contributed by atoms with Gasteiger partial charge in [0.05, 0.1) is 11.9 Å². The van der Waals surface area contributed by atoms with E-state index in [0.29, 0.717) is 5.56 Å². The fraction of sp³-hybridized carbons (Fsp3) is 0.111. The first-order chi connectivity index (χ1) is 11.1. The Labute approximate surface area is 133 Å². The number of aromatic nitrogens is 1. The van der Waals surface area contributed by atoms with Gasteiger partial charge in [0, 0.05) is 29.9 Å². The summed E-state index contributed by atoms with van der Waals surface area (Å²) in [5, 5.41) is 12.4. The molecular weight excluding hydrogens is 292 g/mol. The van der Waals surface area contributed by atoms with Crippen molar-refractivity contribution in [2.45, 2.75) is 6.42 Å². The molecule has 1 aromatic heterocycles. The average Bonchev–Trinajstić information content (AvgIpc) is 2.97. The van der Waals surface area contributed by atoms with Crippen molar-refractivity contribution in [3.8, 4) is 5.69 Å². The number of hydrogen-bond acceptors (Lipinski definition) is 2. The van der Waals surface area contributed by atoms with E-state index in [4.69, 9.17) is 5.11 Å². The van der Waals surface area contributed by atoms with Gasteiger partial charge in [0.15, 0.2) is 0 Å². The molecule has 23 heavy (non-hydrogen) atoms. The van der Waals surface area contributed by atoms with Crippen molar-refractivity contribution in [2.24, 2.45) is 0 Å². The molecule has 5 heteroatoms. The van der Waals surface area contributed by atoms with E-state index in [1.165, 1.54) is 0 Å². The van der Waals surface area contributed by atoms with Crippen molar-refractivity contribution in [3.63, 3.8) is 0 Å². The van der Waals surface area contributed by atoms with Crippen LogP contribution in [0.5, 0.6) is 0 Å². The van der Waals surface area contributed by atoms with Gasteiger partial charge in [0.1, 0.15) is 0 Å². The minimum Gasteiger partial charge on any atom is -0.481 e. The molecule has 2 N–H and O–H groups in total. The van der Waals surface area contributed by atoms with Crippen LogP contribution in [0.4, 0.5) is 0 Å². The van der Waals surface area contributed by atoms with Gasteiger partial charge < -0.3 is 15.0 Å². The number of aliphatic carboxylic acids is 1. The number of hydrogen-bond donors (Lipinski definition) is 2. The first kappa shape index (κ1) is 14.8. The second-order valence-electron chi connectivity index (χ2n) is 5.28. The quantitative estimate of drug-likeness (QED) is 0.778. The molecular formula is C18H16N2O3. The van der Waals surface area contributed by atoms with Crippen LogP contribution in [0, 0.1) is 0 Å². The summed E-state index contributed by atoms with van der Waals surface area (Å²) in [6, 6.07) is 14.9. The number of amides is 1. The molecule has 0 atom stereocenters. The van der Waals surface area contributed by atoms with Crippen LogP contribution < -0.4 is 5.32 Å². The summed E-state index contributed by atoms with van der Waals surface area (Å²) in [4.78, 5) is 22.4. The normalized spacial score (nSPS) is 10.7. The molecule has 116 valence electrons. The number of carbonyl (C=O) groups is 2. The highest BCUT2D eigenvalue weighted by molar-refractivity contribution is 5.98. The van der Waals surface area contributed by atoms with E-state index < -0.39 is 5.97 Å². The highest BCUT2D eigenvalue weighted by Crippen LogP contribution is 2.22. The van der Waals surface area contributed by atoms with Crippen molar-refractivity contribution in [2.75, 3.05) is 7.05 Å². The lowest BCUT2D eigenvalue weighted by Crippen LogP contribution is -2.17. The standard InChI is InChI=1S/C18H16N2O3/c1-19-18(23)14-4-7-16-13(11-14)8-9-20(16)15-5-2-12(3-6-15)10-17(21)22/h2-9,11H,10H2,1H3,(H,19,23)(H,21,22). The summed E-state index contributed by atoms with van der Waals surface area (Å²) < 4.78 is 2.01. The molecule has 0 radical (unpaired) electrons. The minimum atomic E-state index is -0.842. The van der Waals surface area contributed by atoms with Gasteiger partial charge in [-0.25, -0.2) is 0 Å². The van der Waals surface area contributed by atoms with Gasteiger partial charge in [-0.15, -0.1) is 0 Å². The Morgan fingerprint density at radius 2 is 1.83 bits per heavy atom. The fourth-order valence-electron chi connectivity index (χ4n) is 2.60. The number of carboxylic acids is 1. The first-order valence-corrected chi connectivity index (χ1v) is 7.23. The number of benzene rings is 2. The summed E-state index contributed by atoms with van der Waals surface area (Å²) in [7, 11) is 1.61. The Balaban J connectivity index is 1.97. The van der Waals surface area contributed by atoms with Crippen molar-refractivity contribution in [3.05, 3.63) is 65.9 Å². The number of carbonyl (C=O) groups excluding carboxylic acids is 1. The maximum atomic E-state index is 11.7. The Morgan fingerprint density at radius 1 is 1.09 bits per heavy atom. The Hall–Kier alpha value is -3.08. The topological polar surface area (TPSA) is 71.3 Å². The molecule has 3 aromatic rings. The maximum Gasteiger partial charge on any atom is 0.307 e. The molecule has 2 aromatic carbocycles. The second kappa shape index (κ2) is 5.96. The zero-order valence-corrected chi connectivity index (χ0v) is 12.6. The summed E-state index contributed by atoms with van der Waals surface area (Å²) in [6.07, 6.45) is 1.95. The lowest BCUT2D eigenvalue weighted by atomic mass is 10.1. The molecule has 0 fully saturated rings. The smallest absolute Gasteiger partial charge is 0.307 e. The highest BCUT2D eigenvalue weighted by Gasteiger charge is 2.08. The van der Waals surface area contributed by atoms with Gasteiger partial charge in [-0.1, -0.05) is 12.1 Å². The van der Waals surface area contributed by atoms with E-state index in [9.17, 15) is 9.59 Å². The monoisotopic (exact) mass is 308 g/mol. The van der Waals surface area contributed by atoms with Crippen LogP contribution in [-0.2, 0) is 11.2 Å². The zero-order chi connectivity index (χ0) is 16.4. The largest absolute Gasteiger partial charge is 0.481 e. The molecule has 0 unspecified atom stereocenters. The SMILES string of the molecule is CNC(=O)c1ccc2c(ccn2-c2ccc(CC(=O)O)cc2)c1. The van der Waals surface area contributed by atoms with Gasteiger partial charge >= 0.3 is 5.97 Å². The first-order valence-electron chi connectivity index (χ1n) is 7.23. The number of nitrogens with zero attached hydrogens (tertiary/aromatic N) is 1. The van der Waals surface area contributed by atoms with Gasteiger partial charge in [0.25, 0.3) is 5.91 Å². The number of fused-ring (bicyclic) bond motifs is 1. The van der Waals surface area contributed by atoms with E-state index in [1.54, 1.807) is 13.1 Å². The van der Waals surface area contributed by atoms with E-state index in [1.807, 2.05) is 53.2 Å². The summed E-state index contributed by atoms with van der Waals surface area (Å²) in [5.74, 6) is -0.955. The summed E-state index contributed by atoms with van der Waals surface area (Å²) in [6.45, 7) is 0. The molecule has 0 aliphatic rings. The fourth-order valence-corrected chi connectivity index (χ4v) is 2.60. The van der Waals surface area contributed by atoms with Gasteiger partial charge in [-0.3, -0.25) is 9.59 Å². The second-order valence-corrected chi connectivity index (χ2v) is 5.28. The predicted molar refractivity (Wildman–Crippen MR) is 88.0 cm³/mol. The lowest BCUT2D eigenvalue weighted by Gasteiger charge is -2.07. The van der Waals surface area contributed by atoms with Crippen LogP contribution in [-0.4, -0.2) is 28.6 Å². The Kier molecular flexibility index (Phi) is 3.85. The third-order valence-corrected chi connectivity index (χ3v) is 3.75. The van der Waals surface area contributed by atoms with Crippen LogP contribution >= 0.6 is 0 Å². The van der Waals surface area contributed by atoms with Crippen molar-refractivity contribution in [1.82, 2.24) is 9.88 Å². The molecule has 0 bridgehead atoms. The van der Waals surface area contributed by atoms with Gasteiger partial charge in [-0.2, -0.15) is 0 Å². The average molecular weight is 308 g/mol. The molecule has 0 aliphatic heterocycles. The van der Waals surface area contributed by atoms with E-state index >= 15 is 0 Å². The minimum absolute atomic E-state index is 0.0161. The zero-order valence-electron chi connectivity index (χ0n) is 12.6. The van der Waals surface area contributed by atoms with Crippen LogP contribution in [0.15, 0.2) is 54.7 Å². The lowest BCUT2D eigenvalue weighted by molar-refractivity contribution is -0.136. The number of nitrogens with one attached hydrogen (secondary N) is 1. The van der Waals surface area contributed by atoms with Crippen molar-refractivity contribution >= 4 is 22.8 Å². The van der Waals surface area contributed by atoms with Crippen LogP contribution in [0.1, 0.15) is 15.9 Å². The molecule has 1 heterocycles. The summed E-state index contributed by atoms with van der Waals surface area (Å²) >= 11 is 0. The maximum absolute atomic E-state index is 11.7. The van der Waals surface area contributed by atoms with Crippen LogP contribution in [0.3, 0.4) is 0 Å². The highest BCUT2D eigenvalue weighted by atomic mass is 16.4. The third-order valence-electron chi connectivity index (χ3n) is 3.75. The molecule has 1 amide bonds. The number of rotatable bonds is 4. The van der Waals surface area contributed by atoms with Crippen molar-refractivity contribution < 1.29 is 14.7 Å². The van der Waals surface area contributed by atoms with Gasteiger partial charge in [-0.05, 0) is 42.0 Å². The molecule has 0 spiro atoms. The van der Waals surface area contributed by atoms with E-state index in [0.717, 1.165) is 22.2 Å². The van der Waals surface area contributed by atoms with E-state index in [-0.39, 0.29) is 12.3 Å².